The van der Waals surface area contributed by atoms with Crippen molar-refractivity contribution >= 4 is 23.5 Å². The highest BCUT2D eigenvalue weighted by Crippen LogP contribution is 2.31. The van der Waals surface area contributed by atoms with Crippen molar-refractivity contribution in [1.82, 2.24) is 20.3 Å². The largest absolute Gasteiger partial charge is 0.480 e. The van der Waals surface area contributed by atoms with Gasteiger partial charge in [0.2, 0.25) is 11.8 Å². The fourth-order valence-corrected chi connectivity index (χ4v) is 2.58. The summed E-state index contributed by atoms with van der Waals surface area (Å²) in [6.45, 7) is -0.185. The van der Waals surface area contributed by atoms with Crippen LogP contribution in [0.25, 0.3) is 0 Å². The molecule has 0 saturated carbocycles. The van der Waals surface area contributed by atoms with Gasteiger partial charge in [-0.25, -0.2) is 4.68 Å². The van der Waals surface area contributed by atoms with E-state index in [1.807, 2.05) is 12.1 Å². The van der Waals surface area contributed by atoms with E-state index in [2.05, 4.69) is 20.9 Å². The average molecular weight is 329 g/mol. The van der Waals surface area contributed by atoms with Crippen LogP contribution in [0.4, 0.5) is 5.69 Å². The summed E-state index contributed by atoms with van der Waals surface area (Å²) in [5, 5.41) is 21.6. The number of carbonyl (C=O) groups is 3. The number of anilines is 1. The smallest absolute Gasteiger partial charge is 0.325 e. The number of nitrogens with zero attached hydrogens (tertiary/aromatic N) is 3. The molecule has 9 heteroatoms. The molecule has 2 heterocycles. The minimum Gasteiger partial charge on any atom is -0.480 e. The predicted octanol–water partition coefficient (Wildman–Crippen LogP) is 0.105. The summed E-state index contributed by atoms with van der Waals surface area (Å²) < 4.78 is 1.17. The van der Waals surface area contributed by atoms with E-state index < -0.39 is 11.9 Å². The van der Waals surface area contributed by atoms with Crippen molar-refractivity contribution in [2.45, 2.75) is 25.4 Å². The number of para-hydroxylation sites is 1. The third-order valence-corrected chi connectivity index (χ3v) is 3.64. The molecule has 3 N–H and O–H groups in total. The lowest BCUT2D eigenvalue weighted by molar-refractivity contribution is -0.138. The zero-order valence-corrected chi connectivity index (χ0v) is 12.6. The molecular formula is C15H15N5O4. The number of carboxylic acid groups (broad SMARTS) is 1. The lowest BCUT2D eigenvalue weighted by Gasteiger charge is -2.24. The van der Waals surface area contributed by atoms with Crippen molar-refractivity contribution in [1.29, 1.82) is 0 Å². The van der Waals surface area contributed by atoms with Crippen molar-refractivity contribution in [2.75, 3.05) is 5.32 Å². The molecule has 24 heavy (non-hydrogen) atoms. The number of nitrogens with one attached hydrogen (secondary N) is 2. The first-order chi connectivity index (χ1) is 11.5. The second-order valence-electron chi connectivity index (χ2n) is 5.41. The molecule has 1 aromatic carbocycles. The molecule has 0 bridgehead atoms. The van der Waals surface area contributed by atoms with Crippen molar-refractivity contribution < 1.29 is 19.5 Å². The quantitative estimate of drug-likeness (QED) is 0.714. The van der Waals surface area contributed by atoms with Gasteiger partial charge in [-0.05, 0) is 11.6 Å². The molecule has 1 aliphatic rings. The molecule has 0 radical (unpaired) electrons. The van der Waals surface area contributed by atoms with Crippen molar-refractivity contribution in [3.05, 3.63) is 41.7 Å². The van der Waals surface area contributed by atoms with Gasteiger partial charge in [0.25, 0.3) is 0 Å². The second-order valence-corrected chi connectivity index (χ2v) is 5.41. The topological polar surface area (TPSA) is 126 Å². The zero-order chi connectivity index (χ0) is 17.1. The summed E-state index contributed by atoms with van der Waals surface area (Å²) in [6.07, 6.45) is 1.53. The molecule has 0 spiro atoms. The minimum absolute atomic E-state index is 0.0779. The van der Waals surface area contributed by atoms with Crippen LogP contribution in [-0.4, -0.2) is 37.9 Å². The third kappa shape index (κ3) is 3.40. The summed E-state index contributed by atoms with van der Waals surface area (Å²) in [5.41, 5.74) is 1.85. The first-order valence-corrected chi connectivity index (χ1v) is 7.30. The van der Waals surface area contributed by atoms with Gasteiger partial charge in [0.1, 0.15) is 12.2 Å². The summed E-state index contributed by atoms with van der Waals surface area (Å²) in [5.74, 6) is -2.09. The summed E-state index contributed by atoms with van der Waals surface area (Å²) in [7, 11) is 0. The van der Waals surface area contributed by atoms with Crippen LogP contribution in [0.2, 0.25) is 0 Å². The van der Waals surface area contributed by atoms with Gasteiger partial charge in [0, 0.05) is 12.1 Å². The highest BCUT2D eigenvalue weighted by molar-refractivity contribution is 6.01. The Hall–Kier alpha value is -3.23. The molecule has 3 rings (SSSR count). The first kappa shape index (κ1) is 15.7. The van der Waals surface area contributed by atoms with Crippen LogP contribution in [0.1, 0.15) is 23.6 Å². The normalized spacial score (nSPS) is 16.2. The van der Waals surface area contributed by atoms with Crippen LogP contribution >= 0.6 is 0 Å². The van der Waals surface area contributed by atoms with Crippen LogP contribution in [0.15, 0.2) is 30.5 Å². The van der Waals surface area contributed by atoms with Crippen molar-refractivity contribution in [3.63, 3.8) is 0 Å². The molecule has 0 aliphatic carbocycles. The Morgan fingerprint density at radius 1 is 1.38 bits per heavy atom. The highest BCUT2D eigenvalue weighted by atomic mass is 16.4. The van der Waals surface area contributed by atoms with Crippen LogP contribution in [0.3, 0.4) is 0 Å². The predicted molar refractivity (Wildman–Crippen MR) is 81.9 cm³/mol. The number of aromatic nitrogens is 3. The molecule has 1 unspecified atom stereocenters. The van der Waals surface area contributed by atoms with Gasteiger partial charge >= 0.3 is 5.97 Å². The number of aliphatic carboxylic acids is 1. The van der Waals surface area contributed by atoms with Gasteiger partial charge in [-0.15, -0.1) is 5.10 Å². The summed E-state index contributed by atoms with van der Waals surface area (Å²) in [4.78, 5) is 34.8. The van der Waals surface area contributed by atoms with Gasteiger partial charge in [-0.1, -0.05) is 23.4 Å². The van der Waals surface area contributed by atoms with E-state index >= 15 is 0 Å². The monoisotopic (exact) mass is 329 g/mol. The van der Waals surface area contributed by atoms with Crippen LogP contribution in [0, 0.1) is 0 Å². The van der Waals surface area contributed by atoms with Gasteiger partial charge in [-0.2, -0.15) is 0 Å². The maximum Gasteiger partial charge on any atom is 0.325 e. The number of fused-ring (bicyclic) bond motifs is 1. The van der Waals surface area contributed by atoms with E-state index in [9.17, 15) is 14.4 Å². The fourth-order valence-electron chi connectivity index (χ4n) is 2.58. The Kier molecular flexibility index (Phi) is 4.23. The lowest BCUT2D eigenvalue weighted by Crippen LogP contribution is -2.34. The molecule has 2 amide bonds. The number of rotatable bonds is 5. The molecule has 0 fully saturated rings. The number of carboxylic acids is 1. The number of amides is 2. The van der Waals surface area contributed by atoms with Gasteiger partial charge in [0.15, 0.2) is 0 Å². The Morgan fingerprint density at radius 3 is 2.96 bits per heavy atom. The third-order valence-electron chi connectivity index (χ3n) is 3.64. The summed E-state index contributed by atoms with van der Waals surface area (Å²) in [6, 6.07) is 7.17. The SMILES string of the molecule is O=C(O)Cn1cc(CNC(=O)C2CC(=O)Nc3ccccc32)nn1. The molecule has 124 valence electrons. The van der Waals surface area contributed by atoms with E-state index in [0.717, 1.165) is 5.56 Å². The standard InChI is InChI=1S/C15H15N5O4/c21-13-5-11(10-3-1-2-4-12(10)17-13)15(24)16-6-9-7-20(19-18-9)8-14(22)23/h1-4,7,11H,5-6,8H2,(H,16,24)(H,17,21)(H,22,23). The molecule has 1 aliphatic heterocycles. The number of hydrogen-bond acceptors (Lipinski definition) is 5. The number of carbonyl (C=O) groups excluding carboxylic acids is 2. The van der Waals surface area contributed by atoms with Gasteiger partial charge in [0.05, 0.1) is 18.7 Å². The maximum atomic E-state index is 12.4. The van der Waals surface area contributed by atoms with Gasteiger partial charge in [-0.3, -0.25) is 14.4 Å². The van der Waals surface area contributed by atoms with Crippen molar-refractivity contribution in [2.24, 2.45) is 0 Å². The Balaban J connectivity index is 1.66. The van der Waals surface area contributed by atoms with Crippen LogP contribution in [0.5, 0.6) is 0 Å². The maximum absolute atomic E-state index is 12.4. The lowest BCUT2D eigenvalue weighted by atomic mass is 9.90. The number of benzene rings is 1. The van der Waals surface area contributed by atoms with Crippen molar-refractivity contribution in [3.8, 4) is 0 Å². The Labute approximate surface area is 136 Å². The molecule has 9 nitrogen and oxygen atoms in total. The van der Waals surface area contributed by atoms with E-state index in [-0.39, 0.29) is 31.3 Å². The zero-order valence-electron chi connectivity index (χ0n) is 12.6. The Bertz CT molecular complexity index is 801. The highest BCUT2D eigenvalue weighted by Gasteiger charge is 2.30. The molecule has 1 atom stereocenters. The molecule has 1 aromatic heterocycles. The number of hydrogen-bond donors (Lipinski definition) is 3. The summed E-state index contributed by atoms with van der Waals surface area (Å²) >= 11 is 0. The van der Waals surface area contributed by atoms with E-state index in [4.69, 9.17) is 5.11 Å². The first-order valence-electron chi connectivity index (χ1n) is 7.30. The Morgan fingerprint density at radius 2 is 2.17 bits per heavy atom. The molecule has 2 aromatic rings. The van der Waals surface area contributed by atoms with Crippen LogP contribution < -0.4 is 10.6 Å². The van der Waals surface area contributed by atoms with E-state index in [1.54, 1.807) is 12.1 Å². The minimum atomic E-state index is -1.03. The van der Waals surface area contributed by atoms with Crippen LogP contribution in [-0.2, 0) is 27.5 Å². The van der Waals surface area contributed by atoms with E-state index in [1.165, 1.54) is 10.9 Å². The average Bonchev–Trinajstić information content (AvgIpc) is 2.98. The molecule has 0 saturated heterocycles. The van der Waals surface area contributed by atoms with Gasteiger partial charge < -0.3 is 15.7 Å². The molecular weight excluding hydrogens is 314 g/mol. The van der Waals surface area contributed by atoms with E-state index in [0.29, 0.717) is 11.4 Å². The fraction of sp³-hybridized carbons (Fsp3) is 0.267. The second kappa shape index (κ2) is 6.49.